The number of carboxylic acids is 1. The van der Waals surface area contributed by atoms with Crippen molar-refractivity contribution in [1.29, 1.82) is 0 Å². The van der Waals surface area contributed by atoms with E-state index < -0.39 is 5.97 Å². The van der Waals surface area contributed by atoms with Gasteiger partial charge in [0.1, 0.15) is 0 Å². The predicted molar refractivity (Wildman–Crippen MR) is 89.5 cm³/mol. The van der Waals surface area contributed by atoms with Crippen molar-refractivity contribution in [2.45, 2.75) is 0 Å². The molecule has 0 fully saturated rings. The Morgan fingerprint density at radius 3 is 2.43 bits per heavy atom. The van der Waals surface area contributed by atoms with E-state index in [4.69, 9.17) is 0 Å². The van der Waals surface area contributed by atoms with E-state index in [-0.39, 0.29) is 5.56 Å². The summed E-state index contributed by atoms with van der Waals surface area (Å²) >= 11 is 6.92. The highest BCUT2D eigenvalue weighted by Crippen LogP contribution is 2.32. The predicted octanol–water partition coefficient (Wildman–Crippen LogP) is 5.13. The molecule has 2 aromatic carbocycles. The molecule has 21 heavy (non-hydrogen) atoms. The Labute approximate surface area is 137 Å². The van der Waals surface area contributed by atoms with Gasteiger partial charge in [0.05, 0.1) is 16.8 Å². The zero-order valence-corrected chi connectivity index (χ0v) is 13.8. The highest BCUT2D eigenvalue weighted by Gasteiger charge is 2.15. The van der Waals surface area contributed by atoms with Crippen LogP contribution < -0.4 is 0 Å². The second kappa shape index (κ2) is 5.58. The fourth-order valence-corrected chi connectivity index (χ4v) is 3.14. The molecule has 1 heterocycles. The number of rotatable bonds is 2. The van der Waals surface area contributed by atoms with Gasteiger partial charge in [-0.3, -0.25) is 0 Å². The van der Waals surface area contributed by atoms with Crippen LogP contribution in [0.25, 0.3) is 22.2 Å². The number of aromatic carboxylic acids is 1. The molecule has 1 N–H and O–H groups in total. The van der Waals surface area contributed by atoms with Crippen molar-refractivity contribution >= 4 is 48.7 Å². The second-order valence-corrected chi connectivity index (χ2v) is 6.18. The summed E-state index contributed by atoms with van der Waals surface area (Å²) in [6.45, 7) is 0. The Balaban J connectivity index is 2.38. The molecule has 0 saturated heterocycles. The van der Waals surface area contributed by atoms with Crippen molar-refractivity contribution in [2.24, 2.45) is 0 Å². The van der Waals surface area contributed by atoms with E-state index in [1.54, 1.807) is 18.2 Å². The van der Waals surface area contributed by atoms with E-state index in [2.05, 4.69) is 36.8 Å². The molecular weight excluding hydrogens is 398 g/mol. The molecule has 0 unspecified atom stereocenters. The van der Waals surface area contributed by atoms with Crippen molar-refractivity contribution in [3.05, 3.63) is 63.0 Å². The van der Waals surface area contributed by atoms with E-state index in [1.165, 1.54) is 0 Å². The van der Waals surface area contributed by atoms with Gasteiger partial charge in [-0.05, 0) is 34.1 Å². The molecular formula is C16H9Br2NO2. The Morgan fingerprint density at radius 2 is 1.71 bits per heavy atom. The van der Waals surface area contributed by atoms with Crippen molar-refractivity contribution in [3.8, 4) is 11.3 Å². The molecule has 0 spiro atoms. The van der Waals surface area contributed by atoms with Crippen molar-refractivity contribution in [1.82, 2.24) is 4.98 Å². The minimum Gasteiger partial charge on any atom is -0.478 e. The number of carboxylic acid groups (broad SMARTS) is 1. The van der Waals surface area contributed by atoms with Crippen LogP contribution in [0.5, 0.6) is 0 Å². The Hall–Kier alpha value is -1.72. The summed E-state index contributed by atoms with van der Waals surface area (Å²) in [5, 5.41) is 10.1. The summed E-state index contributed by atoms with van der Waals surface area (Å²) in [6.07, 6.45) is 0. The molecule has 1 aromatic heterocycles. The lowest BCUT2D eigenvalue weighted by atomic mass is 10.0. The van der Waals surface area contributed by atoms with Gasteiger partial charge >= 0.3 is 5.97 Å². The molecule has 0 bridgehead atoms. The van der Waals surface area contributed by atoms with Crippen molar-refractivity contribution in [2.75, 3.05) is 0 Å². The molecule has 5 heteroatoms. The number of hydrogen-bond donors (Lipinski definition) is 1. The van der Waals surface area contributed by atoms with Crippen LogP contribution in [-0.2, 0) is 0 Å². The number of nitrogens with zero attached hydrogens (tertiary/aromatic N) is 1. The number of pyridine rings is 1. The van der Waals surface area contributed by atoms with Crippen LogP contribution in [0.3, 0.4) is 0 Å². The number of benzene rings is 2. The first kappa shape index (κ1) is 14.2. The molecule has 0 radical (unpaired) electrons. The monoisotopic (exact) mass is 405 g/mol. The largest absolute Gasteiger partial charge is 0.478 e. The van der Waals surface area contributed by atoms with E-state index in [1.807, 2.05) is 30.3 Å². The maximum absolute atomic E-state index is 11.5. The minimum absolute atomic E-state index is 0.243. The SMILES string of the molecule is O=C(O)c1cc(-c2ccccc2Br)nc2c(Br)cccc12. The highest BCUT2D eigenvalue weighted by atomic mass is 79.9. The summed E-state index contributed by atoms with van der Waals surface area (Å²) in [5.74, 6) is -0.964. The third-order valence-electron chi connectivity index (χ3n) is 3.17. The van der Waals surface area contributed by atoms with Crippen LogP contribution in [0.15, 0.2) is 57.5 Å². The van der Waals surface area contributed by atoms with Gasteiger partial charge in [0, 0.05) is 19.9 Å². The van der Waals surface area contributed by atoms with E-state index in [0.29, 0.717) is 16.6 Å². The summed E-state index contributed by atoms with van der Waals surface area (Å²) in [7, 11) is 0. The summed E-state index contributed by atoms with van der Waals surface area (Å²) in [6, 6.07) is 14.6. The van der Waals surface area contributed by atoms with Gasteiger partial charge in [-0.25, -0.2) is 9.78 Å². The average Bonchev–Trinajstić information content (AvgIpc) is 2.47. The zero-order valence-electron chi connectivity index (χ0n) is 10.7. The molecule has 3 nitrogen and oxygen atoms in total. The van der Waals surface area contributed by atoms with E-state index >= 15 is 0 Å². The van der Waals surface area contributed by atoms with Crippen LogP contribution in [0.2, 0.25) is 0 Å². The molecule has 104 valence electrons. The molecule has 0 amide bonds. The first-order valence-corrected chi connectivity index (χ1v) is 7.74. The first-order valence-electron chi connectivity index (χ1n) is 6.15. The van der Waals surface area contributed by atoms with Gasteiger partial charge in [-0.15, -0.1) is 0 Å². The molecule has 0 aliphatic heterocycles. The molecule has 3 aromatic rings. The maximum Gasteiger partial charge on any atom is 0.336 e. The molecule has 0 aliphatic carbocycles. The molecule has 3 rings (SSSR count). The van der Waals surface area contributed by atoms with Crippen LogP contribution in [0, 0.1) is 0 Å². The normalized spacial score (nSPS) is 10.8. The Morgan fingerprint density at radius 1 is 1.00 bits per heavy atom. The van der Waals surface area contributed by atoms with Crippen molar-refractivity contribution in [3.63, 3.8) is 0 Å². The van der Waals surface area contributed by atoms with Gasteiger partial charge in [0.15, 0.2) is 0 Å². The minimum atomic E-state index is -0.964. The quantitative estimate of drug-likeness (QED) is 0.642. The first-order chi connectivity index (χ1) is 10.1. The topological polar surface area (TPSA) is 50.2 Å². The standard InChI is InChI=1S/C16H9Br2NO2/c17-12-6-2-1-4-10(12)14-8-11(16(20)21)9-5-3-7-13(18)15(9)19-14/h1-8H,(H,20,21). The molecule has 0 saturated carbocycles. The van der Waals surface area contributed by atoms with Crippen LogP contribution in [0.4, 0.5) is 0 Å². The lowest BCUT2D eigenvalue weighted by molar-refractivity contribution is 0.0699. The van der Waals surface area contributed by atoms with Crippen LogP contribution in [-0.4, -0.2) is 16.1 Å². The van der Waals surface area contributed by atoms with Gasteiger partial charge < -0.3 is 5.11 Å². The third-order valence-corrected chi connectivity index (χ3v) is 4.50. The van der Waals surface area contributed by atoms with E-state index in [0.717, 1.165) is 14.5 Å². The molecule has 0 atom stereocenters. The summed E-state index contributed by atoms with van der Waals surface area (Å²) < 4.78 is 1.65. The van der Waals surface area contributed by atoms with Crippen LogP contribution in [0.1, 0.15) is 10.4 Å². The highest BCUT2D eigenvalue weighted by molar-refractivity contribution is 9.11. The number of carbonyl (C=O) groups is 1. The fraction of sp³-hybridized carbons (Fsp3) is 0. The number of aromatic nitrogens is 1. The maximum atomic E-state index is 11.5. The van der Waals surface area contributed by atoms with Gasteiger partial charge in [-0.2, -0.15) is 0 Å². The number of hydrogen-bond acceptors (Lipinski definition) is 2. The smallest absolute Gasteiger partial charge is 0.336 e. The van der Waals surface area contributed by atoms with E-state index in [9.17, 15) is 9.90 Å². The molecule has 0 aliphatic rings. The second-order valence-electron chi connectivity index (χ2n) is 4.48. The van der Waals surface area contributed by atoms with Crippen LogP contribution >= 0.6 is 31.9 Å². The Kier molecular flexibility index (Phi) is 3.78. The lowest BCUT2D eigenvalue weighted by Crippen LogP contribution is -2.00. The number of fused-ring (bicyclic) bond motifs is 1. The summed E-state index contributed by atoms with van der Waals surface area (Å²) in [4.78, 5) is 16.1. The third kappa shape index (κ3) is 2.59. The lowest BCUT2D eigenvalue weighted by Gasteiger charge is -2.09. The van der Waals surface area contributed by atoms with Gasteiger partial charge in [-0.1, -0.05) is 46.3 Å². The summed E-state index contributed by atoms with van der Waals surface area (Å²) in [5.41, 5.74) is 2.37. The fourth-order valence-electron chi connectivity index (χ4n) is 2.20. The van der Waals surface area contributed by atoms with Crippen molar-refractivity contribution < 1.29 is 9.90 Å². The Bertz CT molecular complexity index is 862. The number of para-hydroxylation sites is 1. The number of halogens is 2. The van der Waals surface area contributed by atoms with Gasteiger partial charge in [0.25, 0.3) is 0 Å². The average molecular weight is 407 g/mol. The zero-order chi connectivity index (χ0) is 15.0. The van der Waals surface area contributed by atoms with Gasteiger partial charge in [0.2, 0.25) is 0 Å².